The normalized spacial score (nSPS) is 22.5. The number of amides is 3. The van der Waals surface area contributed by atoms with E-state index in [9.17, 15) is 14.4 Å². The number of imide groups is 1. The summed E-state index contributed by atoms with van der Waals surface area (Å²) < 4.78 is 8.06. The van der Waals surface area contributed by atoms with Gasteiger partial charge in [-0.25, -0.2) is 9.97 Å². The third-order valence-corrected chi connectivity index (χ3v) is 13.7. The molecule has 2 aromatic heterocycles. The first-order chi connectivity index (χ1) is 29.3. The number of benzene rings is 2. The molecule has 1 atom stereocenters. The Kier molecular flexibility index (Phi) is 12.2. The predicted molar refractivity (Wildman–Crippen MR) is 230 cm³/mol. The lowest BCUT2D eigenvalue weighted by atomic mass is 9.85. The van der Waals surface area contributed by atoms with Gasteiger partial charge in [0.2, 0.25) is 17.8 Å². The van der Waals surface area contributed by atoms with Gasteiger partial charge >= 0.3 is 0 Å². The Bertz CT molecular complexity index is 2190. The van der Waals surface area contributed by atoms with Gasteiger partial charge in [0.15, 0.2) is 0 Å². The molecule has 60 heavy (non-hydrogen) atoms. The van der Waals surface area contributed by atoms with Crippen LogP contribution in [0.2, 0.25) is 5.02 Å². The second-order valence-electron chi connectivity index (χ2n) is 17.4. The molecule has 5 heterocycles. The van der Waals surface area contributed by atoms with E-state index in [4.69, 9.17) is 21.3 Å². The maximum Gasteiger partial charge on any atom is 0.255 e. The quantitative estimate of drug-likeness (QED) is 0.0955. The molecule has 0 spiro atoms. The van der Waals surface area contributed by atoms with Crippen LogP contribution in [0.25, 0.3) is 11.3 Å². The van der Waals surface area contributed by atoms with E-state index in [1.165, 1.54) is 29.7 Å². The van der Waals surface area contributed by atoms with Crippen molar-refractivity contribution in [3.63, 3.8) is 0 Å². The maximum atomic E-state index is 13.3. The number of nitrogens with zero attached hydrogens (tertiary/aromatic N) is 6. The van der Waals surface area contributed by atoms with Crippen LogP contribution < -0.4 is 20.7 Å². The Morgan fingerprint density at radius 1 is 0.900 bits per heavy atom. The highest BCUT2D eigenvalue weighted by Crippen LogP contribution is 2.38. The van der Waals surface area contributed by atoms with Crippen LogP contribution in [0.15, 0.2) is 54.9 Å². The minimum atomic E-state index is -0.586. The van der Waals surface area contributed by atoms with Gasteiger partial charge < -0.3 is 25.2 Å². The molecule has 2 saturated heterocycles. The van der Waals surface area contributed by atoms with Crippen LogP contribution >= 0.6 is 11.6 Å². The average molecular weight is 834 g/mol. The molecular weight excluding hydrogens is 778 g/mol. The molecule has 2 aliphatic carbocycles. The number of nitrogens with one attached hydrogen (secondary N) is 3. The van der Waals surface area contributed by atoms with Crippen LogP contribution in [0.1, 0.15) is 103 Å². The molecule has 13 nitrogen and oxygen atoms in total. The molecule has 0 bridgehead atoms. The number of likely N-dealkylation sites (tertiary alicyclic amines) is 1. The molecule has 9 rings (SSSR count). The number of piperidine rings is 2. The van der Waals surface area contributed by atoms with Gasteiger partial charge in [0, 0.05) is 62.0 Å². The molecule has 2 saturated carbocycles. The van der Waals surface area contributed by atoms with E-state index in [-0.39, 0.29) is 24.1 Å². The molecule has 4 fully saturated rings. The number of fused-ring (bicyclic) bond motifs is 1. The SMILES string of the molecule is Cn1ncc(-c2nc(NC3CCC(NCCOc4ccc(CCN5CCC(c6cccc7c6CN(C6CCC(=O)NC6=O)C7=O)CC5)cc4)CC3)ncc2Cl)c1CC1CC1. The monoisotopic (exact) mass is 833 g/mol. The highest BCUT2D eigenvalue weighted by molar-refractivity contribution is 6.33. The van der Waals surface area contributed by atoms with Crippen LogP contribution in [0.4, 0.5) is 5.95 Å². The van der Waals surface area contributed by atoms with Gasteiger partial charge in [0.25, 0.3) is 5.91 Å². The molecule has 1 unspecified atom stereocenters. The summed E-state index contributed by atoms with van der Waals surface area (Å²) in [5.74, 6) is 1.92. The highest BCUT2D eigenvalue weighted by Gasteiger charge is 2.40. The number of aryl methyl sites for hydroxylation is 1. The number of aromatic nitrogens is 4. The van der Waals surface area contributed by atoms with Gasteiger partial charge in [-0.2, -0.15) is 5.10 Å². The fourth-order valence-electron chi connectivity index (χ4n) is 9.68. The lowest BCUT2D eigenvalue weighted by Crippen LogP contribution is -2.52. The number of carbonyl (C=O) groups excluding carboxylic acids is 3. The van der Waals surface area contributed by atoms with Gasteiger partial charge in [-0.3, -0.25) is 24.4 Å². The first-order valence-corrected chi connectivity index (χ1v) is 22.4. The van der Waals surface area contributed by atoms with Crippen LogP contribution in [0.3, 0.4) is 0 Å². The Morgan fingerprint density at radius 3 is 2.45 bits per heavy atom. The molecule has 0 radical (unpaired) electrons. The molecule has 3 aliphatic heterocycles. The van der Waals surface area contributed by atoms with Gasteiger partial charge in [-0.1, -0.05) is 35.9 Å². The third kappa shape index (κ3) is 9.23. The minimum Gasteiger partial charge on any atom is -0.492 e. The van der Waals surface area contributed by atoms with Crippen molar-refractivity contribution < 1.29 is 19.1 Å². The van der Waals surface area contributed by atoms with Crippen LogP contribution in [0, 0.1) is 5.92 Å². The summed E-state index contributed by atoms with van der Waals surface area (Å²) in [6, 6.07) is 14.7. The molecule has 2 aromatic carbocycles. The van der Waals surface area contributed by atoms with Crippen LogP contribution in [0.5, 0.6) is 5.75 Å². The number of anilines is 1. The molecule has 316 valence electrons. The molecule has 4 aromatic rings. The summed E-state index contributed by atoms with van der Waals surface area (Å²) in [7, 11) is 1.99. The maximum absolute atomic E-state index is 13.3. The fraction of sp³-hybridized carbons (Fsp3) is 0.522. The van der Waals surface area contributed by atoms with E-state index in [1.807, 2.05) is 30.1 Å². The second kappa shape index (κ2) is 18.0. The standard InChI is InChI=1S/C46H56ClN9O4/c1-54-41(25-30-5-6-30)37(26-50-54)43-39(47)27-49-46(53-43)51-33-11-9-32(10-12-33)48-20-24-60-34-13-7-29(8-14-34)17-21-55-22-18-31(19-23-55)35-3-2-4-36-38(35)28-56(45(36)59)40-15-16-42(57)52-44(40)58/h2-4,7-8,13-14,26-27,30-33,40,48H,5-6,9-12,15-25,28H2,1H3,(H,49,51,53)(H,52,57,58). The summed E-state index contributed by atoms with van der Waals surface area (Å²) in [5, 5.41) is 14.7. The number of hydrogen-bond donors (Lipinski definition) is 3. The smallest absolute Gasteiger partial charge is 0.255 e. The Labute approximate surface area is 357 Å². The number of ether oxygens (including phenoxy) is 1. The summed E-state index contributed by atoms with van der Waals surface area (Å²) >= 11 is 6.60. The third-order valence-electron chi connectivity index (χ3n) is 13.4. The molecule has 5 aliphatic rings. The first kappa shape index (κ1) is 40.6. The molecule has 14 heteroatoms. The Morgan fingerprint density at radius 2 is 1.68 bits per heavy atom. The van der Waals surface area contributed by atoms with Gasteiger partial charge in [0.05, 0.1) is 23.1 Å². The van der Waals surface area contributed by atoms with Crippen LogP contribution in [-0.4, -0.2) is 98.2 Å². The summed E-state index contributed by atoms with van der Waals surface area (Å²) in [6.45, 7) is 4.89. The highest BCUT2D eigenvalue weighted by atomic mass is 35.5. The van der Waals surface area contributed by atoms with Crippen LogP contribution in [-0.2, 0) is 36.0 Å². The van der Waals surface area contributed by atoms with Crippen molar-refractivity contribution in [2.75, 3.05) is 38.1 Å². The Balaban J connectivity index is 0.667. The molecule has 3 N–H and O–H groups in total. The van der Waals surface area contributed by atoms with E-state index in [2.05, 4.69) is 61.3 Å². The van der Waals surface area contributed by atoms with Crippen molar-refractivity contribution in [3.05, 3.63) is 87.8 Å². The zero-order valence-corrected chi connectivity index (χ0v) is 35.3. The van der Waals surface area contributed by atoms with E-state index >= 15 is 0 Å². The molecule has 3 amide bonds. The average Bonchev–Trinajstić information content (AvgIpc) is 3.93. The molecular formula is C46H56ClN9O4. The minimum absolute atomic E-state index is 0.102. The van der Waals surface area contributed by atoms with E-state index in [0.717, 1.165) is 106 Å². The number of rotatable bonds is 15. The summed E-state index contributed by atoms with van der Waals surface area (Å²) in [4.78, 5) is 51.1. The number of hydrogen-bond acceptors (Lipinski definition) is 10. The fourth-order valence-corrected chi connectivity index (χ4v) is 9.87. The number of halogens is 1. The largest absolute Gasteiger partial charge is 0.492 e. The summed E-state index contributed by atoms with van der Waals surface area (Å²) in [5.41, 5.74) is 7.25. The van der Waals surface area contributed by atoms with Gasteiger partial charge in [0.1, 0.15) is 18.4 Å². The van der Waals surface area contributed by atoms with Crippen molar-refractivity contribution in [2.24, 2.45) is 13.0 Å². The van der Waals surface area contributed by atoms with E-state index in [0.29, 0.717) is 54.1 Å². The van der Waals surface area contributed by atoms with Gasteiger partial charge in [-0.05, 0) is 130 Å². The lowest BCUT2D eigenvalue weighted by Gasteiger charge is -2.33. The van der Waals surface area contributed by atoms with E-state index < -0.39 is 6.04 Å². The second-order valence-corrected chi connectivity index (χ2v) is 17.9. The zero-order valence-electron chi connectivity index (χ0n) is 34.5. The van der Waals surface area contributed by atoms with Gasteiger partial charge in [-0.15, -0.1) is 0 Å². The number of carbonyl (C=O) groups is 3. The van der Waals surface area contributed by atoms with Crippen molar-refractivity contribution in [1.29, 1.82) is 0 Å². The zero-order chi connectivity index (χ0) is 41.2. The first-order valence-electron chi connectivity index (χ1n) is 22.0. The summed E-state index contributed by atoms with van der Waals surface area (Å²) in [6.07, 6.45) is 15.1. The predicted octanol–water partition coefficient (Wildman–Crippen LogP) is 6.06. The van der Waals surface area contributed by atoms with E-state index in [1.54, 1.807) is 11.1 Å². The lowest BCUT2D eigenvalue weighted by molar-refractivity contribution is -0.136. The topological polar surface area (TPSA) is 147 Å². The Hall–Kier alpha value is -4.85. The van der Waals surface area contributed by atoms with Crippen molar-refractivity contribution in [1.82, 2.24) is 40.2 Å². The van der Waals surface area contributed by atoms with Crippen molar-refractivity contribution >= 4 is 35.3 Å². The van der Waals surface area contributed by atoms with Crippen molar-refractivity contribution in [3.8, 4) is 17.0 Å². The van der Waals surface area contributed by atoms with Crippen molar-refractivity contribution in [2.45, 2.75) is 108 Å².